The molecule has 2 aromatic rings. The number of rotatable bonds is 4. The molecular weight excluding hydrogens is 342 g/mol. The number of hydrogen-bond donors (Lipinski definition) is 1. The molecule has 1 aromatic carbocycles. The van der Waals surface area contributed by atoms with E-state index in [2.05, 4.69) is 51.6 Å². The standard InChI is InChI=1S/C17H20BrN3O/c1-11(16-9-21(3)20-12(16)2)19-8-13-6-14-7-15(18)4-5-17(14)22-10-13/h4-7,9,11,19H,8,10H2,1-3H3. The predicted molar refractivity (Wildman–Crippen MR) is 92.0 cm³/mol. The minimum atomic E-state index is 0.263. The van der Waals surface area contributed by atoms with Crippen LogP contribution < -0.4 is 10.1 Å². The van der Waals surface area contributed by atoms with E-state index in [4.69, 9.17) is 4.74 Å². The Morgan fingerprint density at radius 1 is 1.45 bits per heavy atom. The monoisotopic (exact) mass is 361 g/mol. The summed E-state index contributed by atoms with van der Waals surface area (Å²) in [5.74, 6) is 0.947. The fourth-order valence-electron chi connectivity index (χ4n) is 2.73. The summed E-state index contributed by atoms with van der Waals surface area (Å²) in [7, 11) is 1.95. The van der Waals surface area contributed by atoms with Gasteiger partial charge >= 0.3 is 0 Å². The Morgan fingerprint density at radius 3 is 3.00 bits per heavy atom. The number of fused-ring (bicyclic) bond motifs is 1. The number of hydrogen-bond acceptors (Lipinski definition) is 3. The van der Waals surface area contributed by atoms with Crippen molar-refractivity contribution in [3.63, 3.8) is 0 Å². The van der Waals surface area contributed by atoms with E-state index in [0.29, 0.717) is 6.61 Å². The van der Waals surface area contributed by atoms with Crippen molar-refractivity contribution in [2.45, 2.75) is 19.9 Å². The number of nitrogens with zero attached hydrogens (tertiary/aromatic N) is 2. The molecule has 0 spiro atoms. The van der Waals surface area contributed by atoms with Crippen LogP contribution in [0.25, 0.3) is 6.08 Å². The summed E-state index contributed by atoms with van der Waals surface area (Å²) >= 11 is 3.50. The van der Waals surface area contributed by atoms with Crippen LogP contribution >= 0.6 is 15.9 Å². The number of nitrogens with one attached hydrogen (secondary N) is 1. The lowest BCUT2D eigenvalue weighted by atomic mass is 10.1. The molecule has 1 aliphatic rings. The number of halogens is 1. The van der Waals surface area contributed by atoms with E-state index in [1.54, 1.807) is 0 Å². The van der Waals surface area contributed by atoms with Gasteiger partial charge in [0.2, 0.25) is 0 Å². The van der Waals surface area contributed by atoms with E-state index >= 15 is 0 Å². The van der Waals surface area contributed by atoms with E-state index in [1.807, 2.05) is 30.8 Å². The van der Waals surface area contributed by atoms with E-state index < -0.39 is 0 Å². The maximum Gasteiger partial charge on any atom is 0.127 e. The van der Waals surface area contributed by atoms with Crippen LogP contribution in [0, 0.1) is 6.92 Å². The zero-order chi connectivity index (χ0) is 15.7. The molecule has 0 saturated carbocycles. The van der Waals surface area contributed by atoms with Gasteiger partial charge in [-0.05, 0) is 43.7 Å². The van der Waals surface area contributed by atoms with Crippen LogP contribution in [0.4, 0.5) is 0 Å². The molecule has 0 saturated heterocycles. The van der Waals surface area contributed by atoms with Gasteiger partial charge < -0.3 is 10.1 Å². The third-order valence-electron chi connectivity index (χ3n) is 3.90. The molecule has 0 aliphatic carbocycles. The quantitative estimate of drug-likeness (QED) is 0.903. The molecule has 3 rings (SSSR count). The Bertz CT molecular complexity index is 721. The molecule has 1 aromatic heterocycles. The van der Waals surface area contributed by atoms with Crippen LogP contribution in [0.5, 0.6) is 5.75 Å². The second-order valence-electron chi connectivity index (χ2n) is 5.72. The fraction of sp³-hybridized carbons (Fsp3) is 0.353. The summed E-state index contributed by atoms with van der Waals surface area (Å²) in [6.07, 6.45) is 4.28. The summed E-state index contributed by atoms with van der Waals surface area (Å²) in [6, 6.07) is 6.35. The van der Waals surface area contributed by atoms with Gasteiger partial charge in [0.15, 0.2) is 0 Å². The Kier molecular flexibility index (Phi) is 4.36. The Hall–Kier alpha value is -1.59. The molecule has 4 nitrogen and oxygen atoms in total. The smallest absolute Gasteiger partial charge is 0.127 e. The Morgan fingerprint density at radius 2 is 2.27 bits per heavy atom. The number of ether oxygens (including phenoxy) is 1. The van der Waals surface area contributed by atoms with Crippen molar-refractivity contribution in [3.8, 4) is 5.75 Å². The minimum Gasteiger partial charge on any atom is -0.489 e. The lowest BCUT2D eigenvalue weighted by molar-refractivity contribution is 0.341. The van der Waals surface area contributed by atoms with Crippen molar-refractivity contribution in [1.29, 1.82) is 0 Å². The summed E-state index contributed by atoms with van der Waals surface area (Å²) in [4.78, 5) is 0. The lowest BCUT2D eigenvalue weighted by Crippen LogP contribution is -2.24. The number of benzene rings is 1. The topological polar surface area (TPSA) is 39.1 Å². The zero-order valence-electron chi connectivity index (χ0n) is 13.1. The van der Waals surface area contributed by atoms with E-state index in [0.717, 1.165) is 28.0 Å². The highest BCUT2D eigenvalue weighted by Gasteiger charge is 2.15. The van der Waals surface area contributed by atoms with Crippen LogP contribution in [0.15, 0.2) is 34.4 Å². The Balaban J connectivity index is 1.68. The van der Waals surface area contributed by atoms with Crippen molar-refractivity contribution in [3.05, 3.63) is 51.3 Å². The van der Waals surface area contributed by atoms with Gasteiger partial charge in [0.1, 0.15) is 12.4 Å². The number of aromatic nitrogens is 2. The average Bonchev–Trinajstić information content (AvgIpc) is 2.83. The van der Waals surface area contributed by atoms with Gasteiger partial charge in [0.05, 0.1) is 5.69 Å². The first kappa shape index (κ1) is 15.3. The van der Waals surface area contributed by atoms with Crippen LogP contribution in [-0.2, 0) is 7.05 Å². The molecular formula is C17H20BrN3O. The van der Waals surface area contributed by atoms with Crippen LogP contribution in [0.3, 0.4) is 0 Å². The lowest BCUT2D eigenvalue weighted by Gasteiger charge is -2.20. The van der Waals surface area contributed by atoms with E-state index in [-0.39, 0.29) is 6.04 Å². The van der Waals surface area contributed by atoms with Crippen molar-refractivity contribution in [2.75, 3.05) is 13.2 Å². The van der Waals surface area contributed by atoms with Gasteiger partial charge in [-0.25, -0.2) is 0 Å². The fourth-order valence-corrected chi connectivity index (χ4v) is 3.11. The van der Waals surface area contributed by atoms with Gasteiger partial charge in [0.25, 0.3) is 0 Å². The summed E-state index contributed by atoms with van der Waals surface area (Å²) in [5, 5.41) is 7.95. The van der Waals surface area contributed by atoms with Crippen LogP contribution in [0.1, 0.15) is 29.8 Å². The molecule has 22 heavy (non-hydrogen) atoms. The molecule has 1 N–H and O–H groups in total. The molecule has 1 aliphatic heterocycles. The average molecular weight is 362 g/mol. The molecule has 116 valence electrons. The van der Waals surface area contributed by atoms with Gasteiger partial charge in [-0.1, -0.05) is 15.9 Å². The largest absolute Gasteiger partial charge is 0.489 e. The Labute approximate surface area is 139 Å². The third kappa shape index (κ3) is 3.25. The van der Waals surface area contributed by atoms with Crippen molar-refractivity contribution >= 4 is 22.0 Å². The molecule has 0 bridgehead atoms. The normalized spacial score (nSPS) is 15.0. The molecule has 0 amide bonds. The molecule has 0 fully saturated rings. The summed E-state index contributed by atoms with van der Waals surface area (Å²) < 4.78 is 8.74. The van der Waals surface area contributed by atoms with Gasteiger partial charge in [-0.3, -0.25) is 4.68 Å². The van der Waals surface area contributed by atoms with Crippen molar-refractivity contribution < 1.29 is 4.74 Å². The van der Waals surface area contributed by atoms with E-state index in [1.165, 1.54) is 11.1 Å². The SMILES string of the molecule is Cc1nn(C)cc1C(C)NCC1=Cc2cc(Br)ccc2OC1. The molecule has 0 radical (unpaired) electrons. The second kappa shape index (κ2) is 6.26. The molecule has 2 heterocycles. The first-order valence-corrected chi connectivity index (χ1v) is 8.17. The van der Waals surface area contributed by atoms with Gasteiger partial charge in [0, 0.05) is 41.4 Å². The predicted octanol–water partition coefficient (Wildman–Crippen LogP) is 3.62. The van der Waals surface area contributed by atoms with Crippen LogP contribution in [0.2, 0.25) is 0 Å². The molecule has 1 unspecified atom stereocenters. The highest BCUT2D eigenvalue weighted by Crippen LogP contribution is 2.29. The van der Waals surface area contributed by atoms with Crippen LogP contribution in [-0.4, -0.2) is 22.9 Å². The third-order valence-corrected chi connectivity index (χ3v) is 4.39. The first-order valence-electron chi connectivity index (χ1n) is 7.38. The maximum absolute atomic E-state index is 5.81. The minimum absolute atomic E-state index is 0.263. The maximum atomic E-state index is 5.81. The molecule has 5 heteroatoms. The van der Waals surface area contributed by atoms with Crippen molar-refractivity contribution in [2.24, 2.45) is 7.05 Å². The highest BCUT2D eigenvalue weighted by atomic mass is 79.9. The summed E-state index contributed by atoms with van der Waals surface area (Å²) in [6.45, 7) is 5.66. The molecule has 1 atom stereocenters. The summed E-state index contributed by atoms with van der Waals surface area (Å²) in [5.41, 5.74) is 4.69. The number of aryl methyl sites for hydroxylation is 2. The van der Waals surface area contributed by atoms with Crippen molar-refractivity contribution in [1.82, 2.24) is 15.1 Å². The second-order valence-corrected chi connectivity index (χ2v) is 6.64. The highest BCUT2D eigenvalue weighted by molar-refractivity contribution is 9.10. The van der Waals surface area contributed by atoms with Gasteiger partial charge in [-0.15, -0.1) is 0 Å². The van der Waals surface area contributed by atoms with Gasteiger partial charge in [-0.2, -0.15) is 5.10 Å². The zero-order valence-corrected chi connectivity index (χ0v) is 14.6. The first-order chi connectivity index (χ1) is 10.5. The van der Waals surface area contributed by atoms with E-state index in [9.17, 15) is 0 Å².